The summed E-state index contributed by atoms with van der Waals surface area (Å²) in [5, 5.41) is 4.31. The van der Waals surface area contributed by atoms with Gasteiger partial charge in [0.25, 0.3) is 0 Å². The van der Waals surface area contributed by atoms with E-state index < -0.39 is 0 Å². The Morgan fingerprint density at radius 3 is 2.78 bits per heavy atom. The Morgan fingerprint density at radius 2 is 2.04 bits per heavy atom. The van der Waals surface area contributed by atoms with Crippen LogP contribution in [0.2, 0.25) is 5.02 Å². The summed E-state index contributed by atoms with van der Waals surface area (Å²) >= 11 is 6.48. The van der Waals surface area contributed by atoms with E-state index in [1.165, 1.54) is 11.1 Å². The molecule has 0 aliphatic carbocycles. The van der Waals surface area contributed by atoms with Gasteiger partial charge in [-0.3, -0.25) is 0 Å². The van der Waals surface area contributed by atoms with Gasteiger partial charge in [0.1, 0.15) is 0 Å². The van der Waals surface area contributed by atoms with Crippen LogP contribution in [0.5, 0.6) is 11.5 Å². The zero-order chi connectivity index (χ0) is 19.0. The summed E-state index contributed by atoms with van der Waals surface area (Å²) in [6.45, 7) is 3.00. The van der Waals surface area contributed by atoms with Crippen LogP contribution >= 0.6 is 11.6 Å². The summed E-state index contributed by atoms with van der Waals surface area (Å²) in [4.78, 5) is 0. The Kier molecular flexibility index (Phi) is 5.20. The quantitative estimate of drug-likeness (QED) is 0.746. The van der Waals surface area contributed by atoms with Crippen LogP contribution in [-0.2, 0) is 11.2 Å². The first kappa shape index (κ1) is 18.5. The first-order chi connectivity index (χ1) is 13.2. The van der Waals surface area contributed by atoms with Crippen molar-refractivity contribution in [3.63, 3.8) is 0 Å². The van der Waals surface area contributed by atoms with Gasteiger partial charge in [-0.15, -0.1) is 0 Å². The van der Waals surface area contributed by atoms with E-state index in [1.54, 1.807) is 14.2 Å². The van der Waals surface area contributed by atoms with Crippen LogP contribution in [0.25, 0.3) is 0 Å². The maximum absolute atomic E-state index is 6.48. The lowest BCUT2D eigenvalue weighted by Gasteiger charge is -2.43. The van der Waals surface area contributed by atoms with Crippen molar-refractivity contribution in [1.29, 1.82) is 0 Å². The Morgan fingerprint density at radius 1 is 1.19 bits per heavy atom. The average Bonchev–Trinajstić information content (AvgIpc) is 2.72. The molecule has 0 amide bonds. The van der Waals surface area contributed by atoms with Crippen LogP contribution in [0.4, 0.5) is 5.69 Å². The van der Waals surface area contributed by atoms with Crippen LogP contribution in [-0.4, -0.2) is 20.8 Å². The number of anilines is 1. The van der Waals surface area contributed by atoms with Gasteiger partial charge in [-0.2, -0.15) is 0 Å². The summed E-state index contributed by atoms with van der Waals surface area (Å²) in [6, 6.07) is 10.8. The highest BCUT2D eigenvalue weighted by Crippen LogP contribution is 2.50. The molecule has 5 heteroatoms. The van der Waals surface area contributed by atoms with Crippen molar-refractivity contribution >= 4 is 17.3 Å². The minimum atomic E-state index is 0.110. The van der Waals surface area contributed by atoms with E-state index in [4.69, 9.17) is 25.8 Å². The van der Waals surface area contributed by atoms with E-state index in [9.17, 15) is 0 Å². The Balaban J connectivity index is 1.78. The second-order valence-electron chi connectivity index (χ2n) is 7.23. The topological polar surface area (TPSA) is 39.7 Å². The molecule has 2 heterocycles. The third-order valence-electron chi connectivity index (χ3n) is 5.75. The molecule has 0 saturated carbocycles. The molecule has 144 valence electrons. The molecular formula is C22H26ClNO3. The summed E-state index contributed by atoms with van der Waals surface area (Å²) < 4.78 is 17.2. The van der Waals surface area contributed by atoms with E-state index in [0.29, 0.717) is 22.4 Å². The third-order valence-corrected chi connectivity index (χ3v) is 6.03. The molecule has 0 spiro atoms. The van der Waals surface area contributed by atoms with Crippen LogP contribution in [0.15, 0.2) is 30.3 Å². The number of halogens is 1. The lowest BCUT2D eigenvalue weighted by molar-refractivity contribution is -0.0381. The first-order valence-corrected chi connectivity index (χ1v) is 9.96. The molecule has 1 fully saturated rings. The predicted octanol–water partition coefficient (Wildman–Crippen LogP) is 5.55. The van der Waals surface area contributed by atoms with Crippen molar-refractivity contribution in [3.05, 3.63) is 52.0 Å². The van der Waals surface area contributed by atoms with E-state index in [0.717, 1.165) is 37.1 Å². The van der Waals surface area contributed by atoms with Gasteiger partial charge in [-0.25, -0.2) is 0 Å². The van der Waals surface area contributed by atoms with Crippen LogP contribution in [0.1, 0.15) is 48.6 Å². The number of hydrogen-bond acceptors (Lipinski definition) is 4. The summed E-state index contributed by atoms with van der Waals surface area (Å²) in [5.41, 5.74) is 4.87. The Hall–Kier alpha value is -1.91. The van der Waals surface area contributed by atoms with Crippen LogP contribution < -0.4 is 14.8 Å². The average molecular weight is 388 g/mol. The fourth-order valence-electron chi connectivity index (χ4n) is 4.39. The van der Waals surface area contributed by atoms with E-state index >= 15 is 0 Å². The molecule has 27 heavy (non-hydrogen) atoms. The molecule has 0 aromatic heterocycles. The highest BCUT2D eigenvalue weighted by Gasteiger charge is 2.40. The molecule has 1 saturated heterocycles. The van der Waals surface area contributed by atoms with Gasteiger partial charge in [0, 0.05) is 23.8 Å². The van der Waals surface area contributed by atoms with Gasteiger partial charge < -0.3 is 19.5 Å². The minimum Gasteiger partial charge on any atom is -0.493 e. The molecule has 2 aromatic rings. The number of methoxy groups -OCH3 is 2. The normalized spacial score (nSPS) is 23.8. The molecule has 3 atom stereocenters. The van der Waals surface area contributed by atoms with Gasteiger partial charge in [0.05, 0.1) is 31.4 Å². The second kappa shape index (κ2) is 7.61. The lowest BCUT2D eigenvalue weighted by atomic mass is 9.77. The van der Waals surface area contributed by atoms with Gasteiger partial charge in [-0.1, -0.05) is 30.7 Å². The van der Waals surface area contributed by atoms with Crippen LogP contribution in [0, 0.1) is 5.92 Å². The zero-order valence-corrected chi connectivity index (χ0v) is 16.8. The molecule has 0 bridgehead atoms. The monoisotopic (exact) mass is 387 g/mol. The fraction of sp³-hybridized carbons (Fsp3) is 0.455. The van der Waals surface area contributed by atoms with Crippen molar-refractivity contribution in [3.8, 4) is 11.5 Å². The first-order valence-electron chi connectivity index (χ1n) is 9.58. The summed E-state index contributed by atoms with van der Waals surface area (Å²) in [6.07, 6.45) is 3.32. The molecule has 1 N–H and O–H groups in total. The maximum atomic E-state index is 6.48. The SMILES string of the molecule is CCc1ccc2c(c1)[C@H]1OCCC[C@H]1C(c1cc(Cl)c(OC)c(OC)c1)N2. The van der Waals surface area contributed by atoms with Gasteiger partial charge >= 0.3 is 0 Å². The van der Waals surface area contributed by atoms with Crippen molar-refractivity contribution in [1.82, 2.24) is 0 Å². The van der Waals surface area contributed by atoms with Crippen molar-refractivity contribution in [2.45, 2.75) is 38.3 Å². The van der Waals surface area contributed by atoms with Crippen molar-refractivity contribution in [2.24, 2.45) is 5.92 Å². The van der Waals surface area contributed by atoms with E-state index in [2.05, 4.69) is 30.4 Å². The van der Waals surface area contributed by atoms with Crippen molar-refractivity contribution in [2.75, 3.05) is 26.1 Å². The molecule has 2 aromatic carbocycles. The third kappa shape index (κ3) is 3.26. The van der Waals surface area contributed by atoms with Gasteiger partial charge in [0.2, 0.25) is 0 Å². The number of fused-ring (bicyclic) bond motifs is 3. The minimum absolute atomic E-state index is 0.110. The van der Waals surface area contributed by atoms with Gasteiger partial charge in [0.15, 0.2) is 11.5 Å². The molecule has 2 aliphatic rings. The van der Waals surface area contributed by atoms with E-state index in [1.807, 2.05) is 12.1 Å². The predicted molar refractivity (Wildman–Crippen MR) is 108 cm³/mol. The van der Waals surface area contributed by atoms with Gasteiger partial charge in [-0.05, 0) is 48.6 Å². The Labute approximate surface area is 165 Å². The smallest absolute Gasteiger partial charge is 0.179 e. The fourth-order valence-corrected chi connectivity index (χ4v) is 4.68. The summed E-state index contributed by atoms with van der Waals surface area (Å²) in [7, 11) is 3.25. The standard InChI is InChI=1S/C22H26ClNO3/c1-4-13-7-8-18-16(10-13)21-15(6-5-9-27-21)20(24-18)14-11-17(23)22(26-3)19(12-14)25-2/h7-8,10-12,15,20-21,24H,4-6,9H2,1-3H3/t15-,20?,21-/m0/s1. The number of hydrogen-bond donors (Lipinski definition) is 1. The molecule has 2 aliphatic heterocycles. The number of rotatable bonds is 4. The number of ether oxygens (including phenoxy) is 3. The lowest BCUT2D eigenvalue weighted by Crippen LogP contribution is -2.36. The van der Waals surface area contributed by atoms with Crippen LogP contribution in [0.3, 0.4) is 0 Å². The molecule has 1 unspecified atom stereocenters. The molecular weight excluding hydrogens is 362 g/mol. The second-order valence-corrected chi connectivity index (χ2v) is 7.64. The Bertz CT molecular complexity index is 839. The number of nitrogens with one attached hydrogen (secondary N) is 1. The highest BCUT2D eigenvalue weighted by atomic mass is 35.5. The summed E-state index contributed by atoms with van der Waals surface area (Å²) in [5.74, 6) is 1.58. The van der Waals surface area contributed by atoms with Crippen molar-refractivity contribution < 1.29 is 14.2 Å². The van der Waals surface area contributed by atoms with E-state index in [-0.39, 0.29) is 12.1 Å². The molecule has 0 radical (unpaired) electrons. The maximum Gasteiger partial charge on any atom is 0.179 e. The zero-order valence-electron chi connectivity index (χ0n) is 16.0. The molecule has 4 nitrogen and oxygen atoms in total. The molecule has 4 rings (SSSR count). The highest BCUT2D eigenvalue weighted by molar-refractivity contribution is 6.32. The largest absolute Gasteiger partial charge is 0.493 e. The number of aryl methyl sites for hydroxylation is 1. The number of benzene rings is 2.